The maximum atomic E-state index is 12.3. The minimum atomic E-state index is -0.388. The first-order chi connectivity index (χ1) is 14.6. The minimum Gasteiger partial charge on any atom is -0.376 e. The SMILES string of the molecule is Cc1ccc(NCC(=O)NNC(=O)c2ccc(-n3cnc4ccccc43)cc2)cc1. The van der Waals surface area contributed by atoms with E-state index in [-0.39, 0.29) is 18.4 Å². The predicted molar refractivity (Wildman–Crippen MR) is 116 cm³/mol. The number of benzene rings is 3. The van der Waals surface area contributed by atoms with Crippen LogP contribution in [0, 0.1) is 6.92 Å². The van der Waals surface area contributed by atoms with Gasteiger partial charge in [0.15, 0.2) is 0 Å². The highest BCUT2D eigenvalue weighted by Gasteiger charge is 2.09. The number of carbonyl (C=O) groups excluding carboxylic acids is 2. The Morgan fingerprint density at radius 3 is 2.40 bits per heavy atom. The van der Waals surface area contributed by atoms with E-state index < -0.39 is 0 Å². The van der Waals surface area contributed by atoms with Crippen LogP contribution in [0.25, 0.3) is 16.7 Å². The van der Waals surface area contributed by atoms with Gasteiger partial charge in [-0.15, -0.1) is 0 Å². The Balaban J connectivity index is 1.32. The zero-order chi connectivity index (χ0) is 20.9. The molecule has 0 aliphatic rings. The third-order valence-corrected chi connectivity index (χ3v) is 4.68. The molecule has 0 bridgehead atoms. The van der Waals surface area contributed by atoms with Gasteiger partial charge in [0, 0.05) is 16.9 Å². The van der Waals surface area contributed by atoms with Crippen molar-refractivity contribution in [1.82, 2.24) is 20.4 Å². The molecule has 0 unspecified atom stereocenters. The molecule has 150 valence electrons. The van der Waals surface area contributed by atoms with Gasteiger partial charge < -0.3 is 5.32 Å². The maximum absolute atomic E-state index is 12.3. The van der Waals surface area contributed by atoms with Crippen LogP contribution in [0.2, 0.25) is 0 Å². The summed E-state index contributed by atoms with van der Waals surface area (Å²) in [6.07, 6.45) is 1.75. The molecule has 1 heterocycles. The van der Waals surface area contributed by atoms with E-state index in [2.05, 4.69) is 21.2 Å². The Morgan fingerprint density at radius 2 is 1.63 bits per heavy atom. The number of para-hydroxylation sites is 2. The predicted octanol–water partition coefficient (Wildman–Crippen LogP) is 3.21. The quantitative estimate of drug-likeness (QED) is 0.450. The van der Waals surface area contributed by atoms with Crippen LogP contribution in [0.3, 0.4) is 0 Å². The molecule has 7 nitrogen and oxygen atoms in total. The number of hydrazine groups is 1. The lowest BCUT2D eigenvalue weighted by atomic mass is 10.2. The molecule has 3 N–H and O–H groups in total. The Labute approximate surface area is 173 Å². The molecule has 0 spiro atoms. The van der Waals surface area contributed by atoms with Gasteiger partial charge in [0.1, 0.15) is 6.33 Å². The lowest BCUT2D eigenvalue weighted by Crippen LogP contribution is -2.44. The summed E-state index contributed by atoms with van der Waals surface area (Å²) >= 11 is 0. The van der Waals surface area contributed by atoms with Crippen LogP contribution in [0.4, 0.5) is 5.69 Å². The highest BCUT2D eigenvalue weighted by Crippen LogP contribution is 2.18. The van der Waals surface area contributed by atoms with Crippen molar-refractivity contribution in [3.8, 4) is 5.69 Å². The number of aryl methyl sites for hydroxylation is 1. The van der Waals surface area contributed by atoms with Gasteiger partial charge >= 0.3 is 0 Å². The van der Waals surface area contributed by atoms with Crippen LogP contribution in [-0.4, -0.2) is 27.9 Å². The first-order valence-corrected chi connectivity index (χ1v) is 9.52. The number of imidazole rings is 1. The van der Waals surface area contributed by atoms with Gasteiger partial charge in [-0.1, -0.05) is 29.8 Å². The van der Waals surface area contributed by atoms with Gasteiger partial charge in [-0.05, 0) is 55.5 Å². The number of carbonyl (C=O) groups is 2. The van der Waals surface area contributed by atoms with E-state index in [1.807, 2.05) is 72.2 Å². The molecular formula is C23H21N5O2. The summed E-state index contributed by atoms with van der Waals surface area (Å²) in [6, 6.07) is 22.6. The summed E-state index contributed by atoms with van der Waals surface area (Å²) in [7, 11) is 0. The fraction of sp³-hybridized carbons (Fsp3) is 0.0870. The number of nitrogens with zero attached hydrogens (tertiary/aromatic N) is 2. The second kappa shape index (κ2) is 8.48. The van der Waals surface area contributed by atoms with E-state index in [0.29, 0.717) is 5.56 Å². The third-order valence-electron chi connectivity index (χ3n) is 4.68. The van der Waals surface area contributed by atoms with E-state index in [1.54, 1.807) is 18.5 Å². The number of hydrogen-bond acceptors (Lipinski definition) is 4. The molecule has 0 fully saturated rings. The zero-order valence-electron chi connectivity index (χ0n) is 16.4. The van der Waals surface area contributed by atoms with Crippen molar-refractivity contribution in [1.29, 1.82) is 0 Å². The van der Waals surface area contributed by atoms with Crippen molar-refractivity contribution in [2.45, 2.75) is 6.92 Å². The Bertz CT molecular complexity index is 1180. The molecule has 0 saturated carbocycles. The van der Waals surface area contributed by atoms with E-state index in [4.69, 9.17) is 0 Å². The van der Waals surface area contributed by atoms with Gasteiger partial charge in [-0.2, -0.15) is 0 Å². The number of aromatic nitrogens is 2. The fourth-order valence-corrected chi connectivity index (χ4v) is 3.03. The molecule has 0 radical (unpaired) electrons. The maximum Gasteiger partial charge on any atom is 0.269 e. The van der Waals surface area contributed by atoms with E-state index in [9.17, 15) is 9.59 Å². The van der Waals surface area contributed by atoms with Crippen LogP contribution in [0.1, 0.15) is 15.9 Å². The van der Waals surface area contributed by atoms with Crippen molar-refractivity contribution in [2.24, 2.45) is 0 Å². The number of amides is 2. The van der Waals surface area contributed by atoms with Gasteiger partial charge in [-0.3, -0.25) is 25.0 Å². The standard InChI is InChI=1S/C23H21N5O2/c1-16-6-10-18(11-7-16)24-14-22(29)26-27-23(30)17-8-12-19(13-9-17)28-15-25-20-4-2-3-5-21(20)28/h2-13,15,24H,14H2,1H3,(H,26,29)(H,27,30). The Hall–Kier alpha value is -4.13. The van der Waals surface area contributed by atoms with Crippen molar-refractivity contribution in [2.75, 3.05) is 11.9 Å². The number of fused-ring (bicyclic) bond motifs is 1. The topological polar surface area (TPSA) is 88.0 Å². The van der Waals surface area contributed by atoms with E-state index >= 15 is 0 Å². The average molecular weight is 399 g/mol. The highest BCUT2D eigenvalue weighted by molar-refractivity contribution is 5.96. The van der Waals surface area contributed by atoms with E-state index in [1.165, 1.54) is 0 Å². The number of hydrogen-bond donors (Lipinski definition) is 3. The van der Waals surface area contributed by atoms with Gasteiger partial charge in [0.2, 0.25) is 0 Å². The lowest BCUT2D eigenvalue weighted by molar-refractivity contribution is -0.120. The molecule has 4 rings (SSSR count). The average Bonchev–Trinajstić information content (AvgIpc) is 3.21. The number of anilines is 1. The van der Waals surface area contributed by atoms with Crippen LogP contribution in [0.5, 0.6) is 0 Å². The van der Waals surface area contributed by atoms with Gasteiger partial charge in [0.25, 0.3) is 11.8 Å². The molecule has 4 aromatic rings. The molecule has 2 amide bonds. The molecule has 0 aliphatic heterocycles. The van der Waals surface area contributed by atoms with Gasteiger partial charge in [0.05, 0.1) is 17.6 Å². The largest absolute Gasteiger partial charge is 0.376 e. The summed E-state index contributed by atoms with van der Waals surface area (Å²) in [5.74, 6) is -0.730. The molecule has 1 aromatic heterocycles. The third kappa shape index (κ3) is 4.30. The molecule has 0 aliphatic carbocycles. The smallest absolute Gasteiger partial charge is 0.269 e. The van der Waals surface area contributed by atoms with Crippen LogP contribution in [-0.2, 0) is 4.79 Å². The Morgan fingerprint density at radius 1 is 0.900 bits per heavy atom. The molecule has 3 aromatic carbocycles. The zero-order valence-corrected chi connectivity index (χ0v) is 16.4. The summed E-state index contributed by atoms with van der Waals surface area (Å²) in [4.78, 5) is 28.6. The monoisotopic (exact) mass is 399 g/mol. The van der Waals surface area contributed by atoms with Crippen LogP contribution in [0.15, 0.2) is 79.1 Å². The second-order valence-corrected chi connectivity index (χ2v) is 6.87. The highest BCUT2D eigenvalue weighted by atomic mass is 16.2. The van der Waals surface area contributed by atoms with E-state index in [0.717, 1.165) is 28.0 Å². The molecule has 0 atom stereocenters. The summed E-state index contributed by atoms with van der Waals surface area (Å²) in [5.41, 5.74) is 10.1. The lowest BCUT2D eigenvalue weighted by Gasteiger charge is -2.10. The first-order valence-electron chi connectivity index (χ1n) is 9.52. The Kier molecular flexibility index (Phi) is 5.43. The summed E-state index contributed by atoms with van der Waals surface area (Å²) in [6.45, 7) is 2.05. The van der Waals surface area contributed by atoms with Gasteiger partial charge in [-0.25, -0.2) is 4.98 Å². The van der Waals surface area contributed by atoms with Crippen LogP contribution < -0.4 is 16.2 Å². The number of nitrogens with one attached hydrogen (secondary N) is 3. The van der Waals surface area contributed by atoms with Crippen molar-refractivity contribution >= 4 is 28.5 Å². The normalized spacial score (nSPS) is 10.6. The molecular weight excluding hydrogens is 378 g/mol. The summed E-state index contributed by atoms with van der Waals surface area (Å²) in [5, 5.41) is 3.00. The van der Waals surface area contributed by atoms with Crippen molar-refractivity contribution in [3.63, 3.8) is 0 Å². The number of rotatable bonds is 5. The van der Waals surface area contributed by atoms with Crippen molar-refractivity contribution < 1.29 is 9.59 Å². The molecule has 30 heavy (non-hydrogen) atoms. The molecule has 0 saturated heterocycles. The minimum absolute atomic E-state index is 0.0516. The fourth-order valence-electron chi connectivity index (χ4n) is 3.03. The van der Waals surface area contributed by atoms with Crippen molar-refractivity contribution in [3.05, 3.63) is 90.3 Å². The first kappa shape index (κ1) is 19.2. The van der Waals surface area contributed by atoms with Crippen LogP contribution >= 0.6 is 0 Å². The summed E-state index contributed by atoms with van der Waals surface area (Å²) < 4.78 is 1.95. The molecule has 7 heteroatoms. The second-order valence-electron chi connectivity index (χ2n) is 6.87.